The molecule has 0 aliphatic heterocycles. The van der Waals surface area contributed by atoms with Crippen LogP contribution in [0.4, 0.5) is 0 Å². The standard InChI is InChI=1S/C18H38O4S.K/c1-3-5-7-8-9-10-11-12-14-15-17(19)18(23(20,21)22)16-13-6-4-2;/h17-19H,3-16H2,1-2H3,(H,20,21,22);/q;+1/p-1. The molecule has 1 N–H and O–H groups in total. The van der Waals surface area contributed by atoms with Crippen LogP contribution in [-0.2, 0) is 10.1 Å². The Morgan fingerprint density at radius 2 is 1.12 bits per heavy atom. The maximum atomic E-state index is 11.3. The van der Waals surface area contributed by atoms with Crippen LogP contribution in [0.5, 0.6) is 0 Å². The van der Waals surface area contributed by atoms with Crippen LogP contribution in [0.3, 0.4) is 0 Å². The zero-order valence-corrected chi connectivity index (χ0v) is 20.1. The molecule has 0 saturated carbocycles. The van der Waals surface area contributed by atoms with Crippen molar-refractivity contribution in [2.75, 3.05) is 0 Å². The van der Waals surface area contributed by atoms with Crippen LogP contribution in [0, 0.1) is 0 Å². The van der Waals surface area contributed by atoms with Gasteiger partial charge in [0.1, 0.15) is 10.1 Å². The molecule has 0 heterocycles. The van der Waals surface area contributed by atoms with Gasteiger partial charge in [-0.25, -0.2) is 8.42 Å². The van der Waals surface area contributed by atoms with Crippen molar-refractivity contribution in [2.45, 2.75) is 115 Å². The van der Waals surface area contributed by atoms with Gasteiger partial charge in [-0.2, -0.15) is 0 Å². The van der Waals surface area contributed by atoms with Gasteiger partial charge in [-0.15, -0.1) is 0 Å². The van der Waals surface area contributed by atoms with E-state index in [2.05, 4.69) is 6.92 Å². The Balaban J connectivity index is 0. The molecule has 0 spiro atoms. The molecule has 140 valence electrons. The summed E-state index contributed by atoms with van der Waals surface area (Å²) >= 11 is 0. The normalized spacial score (nSPS) is 14.2. The molecule has 0 aromatic rings. The first kappa shape index (κ1) is 27.7. The van der Waals surface area contributed by atoms with E-state index in [4.69, 9.17) is 0 Å². The fraction of sp³-hybridized carbons (Fsp3) is 1.00. The van der Waals surface area contributed by atoms with E-state index in [1.54, 1.807) is 0 Å². The molecule has 2 unspecified atom stereocenters. The fourth-order valence-corrected chi connectivity index (χ4v) is 3.95. The van der Waals surface area contributed by atoms with E-state index in [0.29, 0.717) is 12.8 Å². The third kappa shape index (κ3) is 15.7. The molecule has 24 heavy (non-hydrogen) atoms. The summed E-state index contributed by atoms with van der Waals surface area (Å²) in [6, 6.07) is 0. The second kappa shape index (κ2) is 17.9. The first-order valence-corrected chi connectivity index (χ1v) is 11.0. The zero-order chi connectivity index (χ0) is 17.6. The van der Waals surface area contributed by atoms with Crippen LogP contribution in [-0.4, -0.2) is 29.4 Å². The maximum absolute atomic E-state index is 11.3. The van der Waals surface area contributed by atoms with E-state index in [0.717, 1.165) is 32.1 Å². The van der Waals surface area contributed by atoms with Crippen molar-refractivity contribution in [3.8, 4) is 0 Å². The van der Waals surface area contributed by atoms with Gasteiger partial charge in [-0.1, -0.05) is 90.9 Å². The summed E-state index contributed by atoms with van der Waals surface area (Å²) in [5.41, 5.74) is 0. The predicted molar refractivity (Wildman–Crippen MR) is 95.5 cm³/mol. The summed E-state index contributed by atoms with van der Waals surface area (Å²) in [5, 5.41) is 8.94. The van der Waals surface area contributed by atoms with Crippen LogP contribution in [0.1, 0.15) is 104 Å². The van der Waals surface area contributed by atoms with Crippen molar-refractivity contribution >= 4 is 10.1 Å². The molecule has 4 nitrogen and oxygen atoms in total. The number of unbranched alkanes of at least 4 members (excludes halogenated alkanes) is 10. The smallest absolute Gasteiger partial charge is 0.748 e. The monoisotopic (exact) mass is 388 g/mol. The Morgan fingerprint density at radius 1 is 0.750 bits per heavy atom. The van der Waals surface area contributed by atoms with Gasteiger partial charge < -0.3 is 9.66 Å². The van der Waals surface area contributed by atoms with Crippen LogP contribution >= 0.6 is 0 Å². The average Bonchev–Trinajstić information content (AvgIpc) is 2.48. The summed E-state index contributed by atoms with van der Waals surface area (Å²) in [5.74, 6) is 0. The predicted octanol–water partition coefficient (Wildman–Crippen LogP) is 1.77. The first-order chi connectivity index (χ1) is 10.9. The number of aliphatic hydroxyl groups excluding tert-OH is 1. The molecule has 0 aromatic heterocycles. The number of aliphatic hydroxyl groups is 1. The van der Waals surface area contributed by atoms with Crippen molar-refractivity contribution in [1.82, 2.24) is 0 Å². The minimum atomic E-state index is -4.40. The maximum Gasteiger partial charge on any atom is 1.00 e. The van der Waals surface area contributed by atoms with E-state index in [1.807, 2.05) is 6.92 Å². The summed E-state index contributed by atoms with van der Waals surface area (Å²) < 4.78 is 33.9. The van der Waals surface area contributed by atoms with E-state index < -0.39 is 21.5 Å². The molecule has 0 rings (SSSR count). The number of hydrogen-bond acceptors (Lipinski definition) is 4. The quantitative estimate of drug-likeness (QED) is 0.248. The Hall–Kier alpha value is 1.51. The molecule has 2 atom stereocenters. The Kier molecular flexibility index (Phi) is 20.7. The molecular weight excluding hydrogens is 351 g/mol. The molecule has 0 aliphatic rings. The molecule has 0 amide bonds. The van der Waals surface area contributed by atoms with Gasteiger partial charge in [0.25, 0.3) is 0 Å². The molecule has 0 aromatic carbocycles. The second-order valence-electron chi connectivity index (χ2n) is 6.71. The zero-order valence-electron chi connectivity index (χ0n) is 16.1. The fourth-order valence-electron chi connectivity index (χ4n) is 2.97. The van der Waals surface area contributed by atoms with Crippen LogP contribution < -0.4 is 51.4 Å². The van der Waals surface area contributed by atoms with Crippen LogP contribution in [0.2, 0.25) is 0 Å². The van der Waals surface area contributed by atoms with Crippen molar-refractivity contribution in [2.24, 2.45) is 0 Å². The van der Waals surface area contributed by atoms with Crippen molar-refractivity contribution in [3.05, 3.63) is 0 Å². The Labute approximate surface area is 192 Å². The summed E-state index contributed by atoms with van der Waals surface area (Å²) in [7, 11) is -4.40. The topological polar surface area (TPSA) is 77.4 Å². The van der Waals surface area contributed by atoms with Gasteiger partial charge in [0.05, 0.1) is 11.4 Å². The minimum Gasteiger partial charge on any atom is -0.748 e. The van der Waals surface area contributed by atoms with Crippen LogP contribution in [0.25, 0.3) is 0 Å². The largest absolute Gasteiger partial charge is 1.00 e. The van der Waals surface area contributed by atoms with E-state index in [9.17, 15) is 18.1 Å². The van der Waals surface area contributed by atoms with Gasteiger partial charge in [0, 0.05) is 0 Å². The minimum absolute atomic E-state index is 0. The third-order valence-corrected chi connectivity index (χ3v) is 5.79. The molecule has 0 fully saturated rings. The van der Waals surface area contributed by atoms with Gasteiger partial charge >= 0.3 is 51.4 Å². The molecule has 0 saturated heterocycles. The van der Waals surface area contributed by atoms with E-state index in [-0.39, 0.29) is 57.8 Å². The van der Waals surface area contributed by atoms with Gasteiger partial charge in [0.15, 0.2) is 0 Å². The average molecular weight is 389 g/mol. The SMILES string of the molecule is CCCCCCCCCCCC(O)C(CCCCC)S(=O)(=O)[O-].[K+]. The molecule has 0 bridgehead atoms. The molecular formula is C18H37KO4S. The molecule has 6 heteroatoms. The summed E-state index contributed by atoms with van der Waals surface area (Å²) in [4.78, 5) is 0. The Morgan fingerprint density at radius 3 is 1.58 bits per heavy atom. The van der Waals surface area contributed by atoms with Gasteiger partial charge in [-0.05, 0) is 12.8 Å². The third-order valence-electron chi connectivity index (χ3n) is 4.50. The van der Waals surface area contributed by atoms with E-state index in [1.165, 1.54) is 38.5 Å². The van der Waals surface area contributed by atoms with Crippen molar-refractivity contribution < 1.29 is 69.5 Å². The molecule has 0 radical (unpaired) electrons. The number of rotatable bonds is 16. The van der Waals surface area contributed by atoms with E-state index >= 15 is 0 Å². The van der Waals surface area contributed by atoms with Gasteiger partial charge in [0.2, 0.25) is 0 Å². The molecule has 0 aliphatic carbocycles. The summed E-state index contributed by atoms with van der Waals surface area (Å²) in [6.07, 6.45) is 12.9. The van der Waals surface area contributed by atoms with Crippen LogP contribution in [0.15, 0.2) is 0 Å². The summed E-state index contributed by atoms with van der Waals surface area (Å²) in [6.45, 7) is 4.24. The first-order valence-electron chi connectivity index (χ1n) is 9.56. The van der Waals surface area contributed by atoms with Crippen molar-refractivity contribution in [3.63, 3.8) is 0 Å². The Bertz CT molecular complexity index is 360. The van der Waals surface area contributed by atoms with Gasteiger partial charge in [-0.3, -0.25) is 0 Å². The van der Waals surface area contributed by atoms with Crippen molar-refractivity contribution in [1.29, 1.82) is 0 Å². The number of hydrogen-bond donors (Lipinski definition) is 1. The second-order valence-corrected chi connectivity index (χ2v) is 8.30.